The summed E-state index contributed by atoms with van der Waals surface area (Å²) in [5.74, 6) is -0.940. The zero-order valence-electron chi connectivity index (χ0n) is 16.6. The van der Waals surface area contributed by atoms with Crippen LogP contribution >= 0.6 is 11.3 Å². The fraction of sp³-hybridized carbons (Fsp3) is 0.208. The third-order valence-electron chi connectivity index (χ3n) is 5.68. The second-order valence-corrected chi connectivity index (χ2v) is 8.64. The fourth-order valence-electron chi connectivity index (χ4n) is 3.87. The molecule has 0 atom stereocenters. The van der Waals surface area contributed by atoms with Gasteiger partial charge in [0.1, 0.15) is 21.2 Å². The van der Waals surface area contributed by atoms with Crippen molar-refractivity contribution < 1.29 is 14.3 Å². The molecule has 31 heavy (non-hydrogen) atoms. The van der Waals surface area contributed by atoms with Crippen molar-refractivity contribution in [2.75, 3.05) is 13.2 Å². The van der Waals surface area contributed by atoms with Gasteiger partial charge >= 0.3 is 0 Å². The first-order valence-corrected chi connectivity index (χ1v) is 10.9. The summed E-state index contributed by atoms with van der Waals surface area (Å²) >= 11 is 1.35. The molecule has 4 aromatic rings. The quantitative estimate of drug-likeness (QED) is 0.475. The molecule has 0 unspecified atom stereocenters. The summed E-state index contributed by atoms with van der Waals surface area (Å²) in [5.41, 5.74) is 3.54. The third kappa shape index (κ3) is 3.60. The number of amides is 1. The highest BCUT2D eigenvalue weighted by Crippen LogP contribution is 2.53. The summed E-state index contributed by atoms with van der Waals surface area (Å²) in [6.07, 6.45) is 2.13. The van der Waals surface area contributed by atoms with Crippen molar-refractivity contribution in [2.45, 2.75) is 18.3 Å². The lowest BCUT2D eigenvalue weighted by atomic mass is 9.92. The summed E-state index contributed by atoms with van der Waals surface area (Å²) in [5, 5.41) is 11.9. The Kier molecular flexibility index (Phi) is 5.00. The molecule has 1 saturated carbocycles. The van der Waals surface area contributed by atoms with Crippen molar-refractivity contribution in [3.05, 3.63) is 83.3 Å². The van der Waals surface area contributed by atoms with Gasteiger partial charge in [0.15, 0.2) is 0 Å². The average molecular weight is 434 g/mol. The normalized spacial score (nSPS) is 14.5. The van der Waals surface area contributed by atoms with Gasteiger partial charge < -0.3 is 10.4 Å². The number of thiazole rings is 1. The fourth-order valence-corrected chi connectivity index (χ4v) is 4.84. The molecule has 1 amide bonds. The van der Waals surface area contributed by atoms with Crippen molar-refractivity contribution in [1.29, 1.82) is 0 Å². The zero-order valence-corrected chi connectivity index (χ0v) is 17.5. The summed E-state index contributed by atoms with van der Waals surface area (Å²) in [4.78, 5) is 22.2. The van der Waals surface area contributed by atoms with Gasteiger partial charge in [0.25, 0.3) is 5.91 Å². The number of rotatable bonds is 6. The molecule has 0 bridgehead atoms. The lowest BCUT2D eigenvalue weighted by Crippen LogP contribution is -2.26. The van der Waals surface area contributed by atoms with Gasteiger partial charge in [0, 0.05) is 23.1 Å². The van der Waals surface area contributed by atoms with E-state index >= 15 is 0 Å². The van der Waals surface area contributed by atoms with Crippen LogP contribution < -0.4 is 5.32 Å². The first-order valence-electron chi connectivity index (χ1n) is 10.1. The summed E-state index contributed by atoms with van der Waals surface area (Å²) in [7, 11) is 0. The minimum atomic E-state index is -0.515. The first kappa shape index (κ1) is 19.8. The predicted octanol–water partition coefficient (Wildman–Crippen LogP) is 4.30. The maximum atomic E-state index is 14.8. The Labute approximate surface area is 182 Å². The molecular formula is C24H20FN3O2S. The van der Waals surface area contributed by atoms with Gasteiger partial charge in [-0.2, -0.15) is 0 Å². The zero-order chi connectivity index (χ0) is 21.4. The number of aliphatic hydroxyl groups is 1. The molecule has 2 aromatic heterocycles. The van der Waals surface area contributed by atoms with Crippen LogP contribution in [0.15, 0.2) is 60.7 Å². The number of hydrogen-bond acceptors (Lipinski definition) is 5. The first-order chi connectivity index (χ1) is 15.1. The second kappa shape index (κ2) is 7.83. The van der Waals surface area contributed by atoms with E-state index in [0.717, 1.165) is 28.9 Å². The van der Waals surface area contributed by atoms with E-state index in [4.69, 9.17) is 10.1 Å². The average Bonchev–Trinajstić information content (AvgIpc) is 3.50. The monoisotopic (exact) mass is 433 g/mol. The predicted molar refractivity (Wildman–Crippen MR) is 119 cm³/mol. The van der Waals surface area contributed by atoms with E-state index in [-0.39, 0.29) is 24.1 Å². The minimum Gasteiger partial charge on any atom is -0.395 e. The van der Waals surface area contributed by atoms with Gasteiger partial charge in [-0.05, 0) is 48.7 Å². The lowest BCUT2D eigenvalue weighted by molar-refractivity contribution is 0.0944. The number of nitrogens with zero attached hydrogens (tertiary/aromatic N) is 2. The largest absolute Gasteiger partial charge is 0.395 e. The van der Waals surface area contributed by atoms with Gasteiger partial charge in [0.2, 0.25) is 0 Å². The number of aliphatic hydroxyl groups excluding tert-OH is 1. The highest BCUT2D eigenvalue weighted by atomic mass is 32.1. The highest BCUT2D eigenvalue weighted by Gasteiger charge is 2.47. The number of hydrogen-bond donors (Lipinski definition) is 2. The highest BCUT2D eigenvalue weighted by molar-refractivity contribution is 7.21. The number of pyridine rings is 1. The van der Waals surface area contributed by atoms with Crippen molar-refractivity contribution >= 4 is 27.6 Å². The van der Waals surface area contributed by atoms with E-state index in [2.05, 4.69) is 34.6 Å². The van der Waals surface area contributed by atoms with Crippen LogP contribution in [0.2, 0.25) is 0 Å². The van der Waals surface area contributed by atoms with E-state index in [1.54, 1.807) is 12.1 Å². The molecule has 2 heterocycles. The van der Waals surface area contributed by atoms with Crippen LogP contribution in [-0.2, 0) is 5.41 Å². The van der Waals surface area contributed by atoms with Crippen LogP contribution in [-0.4, -0.2) is 34.1 Å². The molecule has 5 rings (SSSR count). The summed E-state index contributed by atoms with van der Waals surface area (Å²) in [6.45, 7) is -0.0445. The van der Waals surface area contributed by atoms with Crippen molar-refractivity contribution in [2.24, 2.45) is 0 Å². The lowest BCUT2D eigenvalue weighted by Gasteiger charge is -2.14. The van der Waals surface area contributed by atoms with Gasteiger partial charge in [-0.1, -0.05) is 41.7 Å². The molecule has 0 aliphatic heterocycles. The van der Waals surface area contributed by atoms with Crippen LogP contribution in [0.25, 0.3) is 20.9 Å². The number of benzene rings is 2. The summed E-state index contributed by atoms with van der Waals surface area (Å²) in [6, 6.07) is 18.7. The van der Waals surface area contributed by atoms with Gasteiger partial charge in [-0.15, -0.1) is 0 Å². The number of halogens is 1. The molecule has 0 radical (unpaired) electrons. The van der Waals surface area contributed by atoms with Crippen molar-refractivity contribution in [3.63, 3.8) is 0 Å². The molecule has 5 nitrogen and oxygen atoms in total. The number of aromatic nitrogens is 2. The molecule has 0 saturated heterocycles. The van der Waals surface area contributed by atoms with Crippen LogP contribution in [0, 0.1) is 5.82 Å². The maximum absolute atomic E-state index is 14.8. The van der Waals surface area contributed by atoms with Crippen molar-refractivity contribution in [3.8, 4) is 10.6 Å². The Balaban J connectivity index is 1.47. The Morgan fingerprint density at radius 2 is 1.90 bits per heavy atom. The Morgan fingerprint density at radius 3 is 2.61 bits per heavy atom. The molecule has 156 valence electrons. The van der Waals surface area contributed by atoms with Crippen molar-refractivity contribution in [1.82, 2.24) is 15.3 Å². The van der Waals surface area contributed by atoms with Crippen LogP contribution in [0.4, 0.5) is 4.39 Å². The Bertz CT molecular complexity index is 1270. The Morgan fingerprint density at radius 1 is 1.10 bits per heavy atom. The molecular weight excluding hydrogens is 413 g/mol. The standard InChI is InChI=1S/C24H20FN3O2S/c25-18-14-15(21(30)26-12-13-29)6-7-17(18)22-27-19-8-9-20(28-23(19)31-22)24(10-11-24)16-4-2-1-3-5-16/h1-9,14,29H,10-13H2,(H,26,30). The molecule has 0 spiro atoms. The molecule has 1 aliphatic carbocycles. The Hall–Kier alpha value is -3.16. The molecule has 1 fully saturated rings. The van der Waals surface area contributed by atoms with E-state index < -0.39 is 11.7 Å². The maximum Gasteiger partial charge on any atom is 0.251 e. The summed E-state index contributed by atoms with van der Waals surface area (Å²) < 4.78 is 14.8. The second-order valence-electron chi connectivity index (χ2n) is 7.66. The van der Waals surface area contributed by atoms with E-state index in [0.29, 0.717) is 10.6 Å². The molecule has 7 heteroatoms. The van der Waals surface area contributed by atoms with Gasteiger partial charge in [0.05, 0.1) is 12.3 Å². The van der Waals surface area contributed by atoms with Crippen LogP contribution in [0.5, 0.6) is 0 Å². The third-order valence-corrected chi connectivity index (χ3v) is 6.68. The minimum absolute atomic E-state index is 0.0333. The molecule has 1 aliphatic rings. The molecule has 2 N–H and O–H groups in total. The SMILES string of the molecule is O=C(NCCO)c1ccc(-c2nc3ccc(C4(c5ccccc5)CC4)nc3s2)c(F)c1. The van der Waals surface area contributed by atoms with E-state index in [1.165, 1.54) is 23.0 Å². The number of fused-ring (bicyclic) bond motifs is 1. The van der Waals surface area contributed by atoms with Gasteiger partial charge in [-0.25, -0.2) is 14.4 Å². The van der Waals surface area contributed by atoms with Crippen LogP contribution in [0.1, 0.15) is 34.5 Å². The number of carbonyl (C=O) groups is 1. The molecule has 2 aromatic carbocycles. The van der Waals surface area contributed by atoms with Gasteiger partial charge in [-0.3, -0.25) is 4.79 Å². The van der Waals surface area contributed by atoms with Crippen LogP contribution in [0.3, 0.4) is 0 Å². The number of nitrogens with one attached hydrogen (secondary N) is 1. The number of carbonyl (C=O) groups excluding carboxylic acids is 1. The topological polar surface area (TPSA) is 75.1 Å². The smallest absolute Gasteiger partial charge is 0.251 e. The van der Waals surface area contributed by atoms with E-state index in [9.17, 15) is 9.18 Å². The van der Waals surface area contributed by atoms with E-state index in [1.807, 2.05) is 18.2 Å².